The zero-order valence-corrected chi connectivity index (χ0v) is 12.3. The molecule has 0 bridgehead atoms. The molecule has 0 spiro atoms. The third kappa shape index (κ3) is 2.85. The fourth-order valence-corrected chi connectivity index (χ4v) is 2.11. The Kier molecular flexibility index (Phi) is 3.18. The second-order valence-electron chi connectivity index (χ2n) is 5.41. The highest BCUT2D eigenvalue weighted by atomic mass is 16.5. The van der Waals surface area contributed by atoms with E-state index in [1.165, 1.54) is 0 Å². The van der Waals surface area contributed by atoms with Crippen molar-refractivity contribution in [2.75, 3.05) is 0 Å². The molecule has 1 amide bonds. The molecule has 1 saturated carbocycles. The first-order chi connectivity index (χ1) is 11.2. The third-order valence-corrected chi connectivity index (χ3v) is 3.47. The molecular weight excluding hydrogens is 302 g/mol. The highest BCUT2D eigenvalue weighted by Gasteiger charge is 2.28. The van der Waals surface area contributed by atoms with Crippen molar-refractivity contribution in [2.45, 2.75) is 32.2 Å². The van der Waals surface area contributed by atoms with Crippen molar-refractivity contribution >= 4 is 5.91 Å². The van der Waals surface area contributed by atoms with Crippen molar-refractivity contribution in [3.05, 3.63) is 35.2 Å². The summed E-state index contributed by atoms with van der Waals surface area (Å²) in [6, 6.07) is 3.37. The highest BCUT2D eigenvalue weighted by molar-refractivity contribution is 5.92. The lowest BCUT2D eigenvalue weighted by molar-refractivity contribution is 0.0937. The van der Waals surface area contributed by atoms with Crippen molar-refractivity contribution in [3.8, 4) is 11.5 Å². The smallest absolute Gasteiger partial charge is 0.273 e. The molecule has 0 saturated heterocycles. The molecule has 0 aliphatic heterocycles. The molecule has 23 heavy (non-hydrogen) atoms. The molecule has 0 unspecified atom stereocenters. The lowest BCUT2D eigenvalue weighted by Gasteiger charge is -1.96. The molecule has 4 rings (SSSR count). The molecule has 0 aromatic carbocycles. The van der Waals surface area contributed by atoms with E-state index < -0.39 is 0 Å². The Labute approximate surface area is 130 Å². The fourth-order valence-electron chi connectivity index (χ4n) is 2.11. The summed E-state index contributed by atoms with van der Waals surface area (Å²) in [6.45, 7) is 1.86. The summed E-state index contributed by atoms with van der Waals surface area (Å²) >= 11 is 0. The summed E-state index contributed by atoms with van der Waals surface area (Å²) in [5, 5.41) is 14.0. The minimum absolute atomic E-state index is 0.0916. The Bertz CT molecular complexity index is 845. The van der Waals surface area contributed by atoms with Crippen LogP contribution in [-0.2, 0) is 6.54 Å². The van der Waals surface area contributed by atoms with Crippen LogP contribution in [0.2, 0.25) is 0 Å². The molecule has 0 atom stereocenters. The minimum Gasteiger partial charge on any atom is -0.361 e. The Morgan fingerprint density at radius 2 is 2.09 bits per heavy atom. The average molecular weight is 315 g/mol. The fraction of sp³-hybridized carbons (Fsp3) is 0.357. The summed E-state index contributed by atoms with van der Waals surface area (Å²) < 4.78 is 15.2. The van der Waals surface area contributed by atoms with Crippen molar-refractivity contribution in [2.24, 2.45) is 0 Å². The summed E-state index contributed by atoms with van der Waals surface area (Å²) in [6.07, 6.45) is 2.17. The second-order valence-corrected chi connectivity index (χ2v) is 5.41. The molecule has 3 aromatic heterocycles. The molecule has 3 aromatic rings. The number of hydrogen-bond donors (Lipinski definition) is 1. The molecular formula is C14H13N5O4. The van der Waals surface area contributed by atoms with Crippen molar-refractivity contribution in [3.63, 3.8) is 0 Å². The van der Waals surface area contributed by atoms with Crippen LogP contribution in [0.5, 0.6) is 0 Å². The van der Waals surface area contributed by atoms with Gasteiger partial charge in [0, 0.05) is 18.1 Å². The van der Waals surface area contributed by atoms with Crippen LogP contribution in [0.4, 0.5) is 0 Å². The van der Waals surface area contributed by atoms with Gasteiger partial charge >= 0.3 is 0 Å². The Morgan fingerprint density at radius 3 is 2.83 bits per heavy atom. The van der Waals surface area contributed by atoms with E-state index in [0.717, 1.165) is 18.6 Å². The zero-order chi connectivity index (χ0) is 15.8. The van der Waals surface area contributed by atoms with Crippen LogP contribution in [0, 0.1) is 6.92 Å². The molecule has 1 aliphatic rings. The number of hydrogen-bond acceptors (Lipinski definition) is 8. The largest absolute Gasteiger partial charge is 0.361 e. The Morgan fingerprint density at radius 1 is 1.22 bits per heavy atom. The van der Waals surface area contributed by atoms with E-state index in [1.807, 2.05) is 0 Å². The van der Waals surface area contributed by atoms with Crippen LogP contribution in [0.3, 0.4) is 0 Å². The zero-order valence-electron chi connectivity index (χ0n) is 12.3. The van der Waals surface area contributed by atoms with Crippen molar-refractivity contribution < 1.29 is 18.4 Å². The number of aryl methyl sites for hydroxylation is 1. The number of nitrogens with zero attached hydrogens (tertiary/aromatic N) is 4. The van der Waals surface area contributed by atoms with Crippen molar-refractivity contribution in [1.82, 2.24) is 25.8 Å². The summed E-state index contributed by atoms with van der Waals surface area (Å²) in [7, 11) is 0. The number of aromatic nitrogens is 4. The van der Waals surface area contributed by atoms with Gasteiger partial charge in [-0.05, 0) is 19.8 Å². The van der Waals surface area contributed by atoms with Gasteiger partial charge in [0.2, 0.25) is 11.7 Å². The van der Waals surface area contributed by atoms with Crippen LogP contribution in [0.15, 0.2) is 25.7 Å². The lowest BCUT2D eigenvalue weighted by atomic mass is 10.3. The lowest BCUT2D eigenvalue weighted by Crippen LogP contribution is -2.23. The number of rotatable bonds is 5. The SMILES string of the molecule is Cc1cc(-c2noc(CNC(=O)c3cc(C4CC4)on3)n2)no1. The van der Waals surface area contributed by atoms with Gasteiger partial charge in [0.05, 0.1) is 6.54 Å². The highest BCUT2D eigenvalue weighted by Crippen LogP contribution is 2.40. The molecule has 0 radical (unpaired) electrons. The maximum absolute atomic E-state index is 12.0. The van der Waals surface area contributed by atoms with Gasteiger partial charge < -0.3 is 18.9 Å². The first-order valence-electron chi connectivity index (χ1n) is 7.20. The van der Waals surface area contributed by atoms with E-state index in [0.29, 0.717) is 23.2 Å². The van der Waals surface area contributed by atoms with E-state index in [1.54, 1.807) is 19.1 Å². The predicted octanol–water partition coefficient (Wildman–Crippen LogP) is 1.83. The van der Waals surface area contributed by atoms with Crippen LogP contribution in [0.25, 0.3) is 11.5 Å². The molecule has 1 fully saturated rings. The molecule has 1 N–H and O–H groups in total. The van der Waals surface area contributed by atoms with Gasteiger partial charge in [0.15, 0.2) is 11.4 Å². The van der Waals surface area contributed by atoms with Gasteiger partial charge in [0.25, 0.3) is 5.91 Å². The Hall–Kier alpha value is -2.97. The molecule has 1 aliphatic carbocycles. The summed E-state index contributed by atoms with van der Waals surface area (Å²) in [4.78, 5) is 16.1. The average Bonchev–Trinajstić information content (AvgIpc) is 2.96. The quantitative estimate of drug-likeness (QED) is 0.757. The Balaban J connectivity index is 1.38. The maximum Gasteiger partial charge on any atom is 0.273 e. The van der Waals surface area contributed by atoms with E-state index in [4.69, 9.17) is 13.6 Å². The van der Waals surface area contributed by atoms with Gasteiger partial charge in [-0.1, -0.05) is 15.5 Å². The van der Waals surface area contributed by atoms with Gasteiger partial charge in [-0.15, -0.1) is 0 Å². The first-order valence-corrected chi connectivity index (χ1v) is 7.20. The number of carbonyl (C=O) groups is 1. The van der Waals surface area contributed by atoms with Gasteiger partial charge in [0.1, 0.15) is 11.5 Å². The predicted molar refractivity (Wildman–Crippen MR) is 74.2 cm³/mol. The summed E-state index contributed by atoms with van der Waals surface area (Å²) in [5.41, 5.74) is 0.730. The number of carbonyl (C=O) groups excluding carboxylic acids is 1. The third-order valence-electron chi connectivity index (χ3n) is 3.47. The maximum atomic E-state index is 12.0. The number of nitrogens with one attached hydrogen (secondary N) is 1. The van der Waals surface area contributed by atoms with Crippen molar-refractivity contribution in [1.29, 1.82) is 0 Å². The minimum atomic E-state index is -0.349. The van der Waals surface area contributed by atoms with Crippen LogP contribution >= 0.6 is 0 Å². The van der Waals surface area contributed by atoms with E-state index in [-0.39, 0.29) is 24.0 Å². The van der Waals surface area contributed by atoms with E-state index >= 15 is 0 Å². The molecule has 9 heteroatoms. The van der Waals surface area contributed by atoms with E-state index in [9.17, 15) is 4.79 Å². The molecule has 118 valence electrons. The topological polar surface area (TPSA) is 120 Å². The number of amides is 1. The first kappa shape index (κ1) is 13.7. The summed E-state index contributed by atoms with van der Waals surface area (Å²) in [5.74, 6) is 2.04. The normalized spacial score (nSPS) is 14.1. The molecule has 9 nitrogen and oxygen atoms in total. The standard InChI is InChI=1S/C14H13N5O4/c1-7-4-9(17-21-7)13-16-12(23-19-13)6-15-14(20)10-5-11(22-18-10)8-2-3-8/h4-5,8H,2-3,6H2,1H3,(H,15,20). The van der Waals surface area contributed by atoms with Gasteiger partial charge in [-0.25, -0.2) is 0 Å². The van der Waals surface area contributed by atoms with E-state index in [2.05, 4.69) is 25.8 Å². The van der Waals surface area contributed by atoms with Crippen LogP contribution in [-0.4, -0.2) is 26.4 Å². The second kappa shape index (κ2) is 5.34. The van der Waals surface area contributed by atoms with Crippen LogP contribution in [0.1, 0.15) is 46.7 Å². The van der Waals surface area contributed by atoms with Gasteiger partial charge in [-0.2, -0.15) is 4.98 Å². The van der Waals surface area contributed by atoms with Gasteiger partial charge in [-0.3, -0.25) is 4.79 Å². The molecule has 3 heterocycles. The van der Waals surface area contributed by atoms with Crippen LogP contribution < -0.4 is 5.32 Å². The monoisotopic (exact) mass is 315 g/mol.